The van der Waals surface area contributed by atoms with E-state index in [1.165, 1.54) is 47.9 Å². The van der Waals surface area contributed by atoms with E-state index in [1.54, 1.807) is 17.7 Å². The number of thiophene rings is 1. The number of aromatic nitrogens is 2. The molecular formula is C17H21N3OS. The van der Waals surface area contributed by atoms with Gasteiger partial charge in [-0.15, -0.1) is 11.3 Å². The average molecular weight is 315 g/mol. The summed E-state index contributed by atoms with van der Waals surface area (Å²) in [6.45, 7) is 0. The van der Waals surface area contributed by atoms with E-state index in [-0.39, 0.29) is 0 Å². The third-order valence-corrected chi connectivity index (χ3v) is 6.23. The van der Waals surface area contributed by atoms with Crippen molar-refractivity contribution in [1.29, 1.82) is 0 Å². The number of nitrogens with zero attached hydrogens (tertiary/aromatic N) is 2. The highest BCUT2D eigenvalue weighted by atomic mass is 32.1. The average Bonchev–Trinajstić information content (AvgIpc) is 3.09. The summed E-state index contributed by atoms with van der Waals surface area (Å²) in [6, 6.07) is 0.535. The van der Waals surface area contributed by atoms with E-state index in [0.29, 0.717) is 18.4 Å². The number of hydrogen-bond donors (Lipinski definition) is 1. The van der Waals surface area contributed by atoms with E-state index in [2.05, 4.69) is 15.3 Å². The number of carbonyl (C=O) groups excluding carboxylic acids is 1. The standard InChI is InChI=1S/C17H21N3OS/c21-9-8-11-6-7-13-14(11)15-16(18-10-19-17(15)22-13)20-12-4-2-1-3-5-12/h9-12H,1-8H2,(H,18,19,20)/t11-/m1/s1. The van der Waals surface area contributed by atoms with Crippen molar-refractivity contribution < 1.29 is 4.79 Å². The summed E-state index contributed by atoms with van der Waals surface area (Å²) in [7, 11) is 0. The van der Waals surface area contributed by atoms with Gasteiger partial charge in [0.05, 0.1) is 5.39 Å². The van der Waals surface area contributed by atoms with E-state index in [0.717, 1.165) is 29.8 Å². The van der Waals surface area contributed by atoms with Crippen LogP contribution in [0.4, 0.5) is 5.82 Å². The Morgan fingerprint density at radius 2 is 2.09 bits per heavy atom. The zero-order chi connectivity index (χ0) is 14.9. The molecule has 1 N–H and O–H groups in total. The van der Waals surface area contributed by atoms with Crippen molar-refractivity contribution in [3.63, 3.8) is 0 Å². The molecule has 1 atom stereocenters. The molecule has 0 unspecified atom stereocenters. The molecule has 2 aliphatic rings. The van der Waals surface area contributed by atoms with Crippen LogP contribution in [0.1, 0.15) is 61.3 Å². The Morgan fingerprint density at radius 3 is 2.91 bits per heavy atom. The molecule has 0 aromatic carbocycles. The van der Waals surface area contributed by atoms with Crippen LogP contribution in [0.15, 0.2) is 6.33 Å². The Balaban J connectivity index is 1.73. The topological polar surface area (TPSA) is 54.9 Å². The van der Waals surface area contributed by atoms with E-state index in [9.17, 15) is 4.79 Å². The maximum atomic E-state index is 11.0. The molecule has 2 aromatic heterocycles. The minimum Gasteiger partial charge on any atom is -0.367 e. The lowest BCUT2D eigenvalue weighted by Crippen LogP contribution is -2.23. The molecule has 4 rings (SSSR count). The number of aldehydes is 1. The van der Waals surface area contributed by atoms with Gasteiger partial charge in [0.1, 0.15) is 23.3 Å². The molecule has 2 aliphatic carbocycles. The van der Waals surface area contributed by atoms with Crippen molar-refractivity contribution in [3.8, 4) is 0 Å². The quantitative estimate of drug-likeness (QED) is 0.865. The largest absolute Gasteiger partial charge is 0.367 e. The number of rotatable bonds is 4. The van der Waals surface area contributed by atoms with Gasteiger partial charge in [-0.2, -0.15) is 0 Å². The van der Waals surface area contributed by atoms with Crippen molar-refractivity contribution in [2.45, 2.75) is 63.3 Å². The van der Waals surface area contributed by atoms with Crippen molar-refractivity contribution >= 4 is 33.7 Å². The lowest BCUT2D eigenvalue weighted by molar-refractivity contribution is -0.108. The molecular weight excluding hydrogens is 294 g/mol. The highest BCUT2D eigenvalue weighted by Gasteiger charge is 2.29. The predicted molar refractivity (Wildman–Crippen MR) is 89.7 cm³/mol. The van der Waals surface area contributed by atoms with Crippen LogP contribution >= 0.6 is 11.3 Å². The van der Waals surface area contributed by atoms with Gasteiger partial charge in [-0.3, -0.25) is 0 Å². The minimum absolute atomic E-state index is 0.360. The van der Waals surface area contributed by atoms with Crippen molar-refractivity contribution in [2.75, 3.05) is 5.32 Å². The van der Waals surface area contributed by atoms with Crippen LogP contribution in [0, 0.1) is 0 Å². The first-order chi connectivity index (χ1) is 10.9. The molecule has 0 bridgehead atoms. The zero-order valence-corrected chi connectivity index (χ0v) is 13.5. The molecule has 0 amide bonds. The molecule has 5 heteroatoms. The molecule has 4 nitrogen and oxygen atoms in total. The van der Waals surface area contributed by atoms with Crippen LogP contribution in [-0.2, 0) is 11.2 Å². The summed E-state index contributed by atoms with van der Waals surface area (Å²) >= 11 is 1.79. The fourth-order valence-electron chi connectivity index (χ4n) is 3.97. The summed E-state index contributed by atoms with van der Waals surface area (Å²) in [5.74, 6) is 1.35. The highest BCUT2D eigenvalue weighted by molar-refractivity contribution is 7.19. The van der Waals surface area contributed by atoms with E-state index < -0.39 is 0 Å². The van der Waals surface area contributed by atoms with Gasteiger partial charge in [-0.05, 0) is 37.2 Å². The third kappa shape index (κ3) is 2.41. The molecule has 2 heterocycles. The molecule has 0 aliphatic heterocycles. The number of anilines is 1. The monoisotopic (exact) mass is 315 g/mol. The van der Waals surface area contributed by atoms with Crippen molar-refractivity contribution in [3.05, 3.63) is 16.8 Å². The number of fused-ring (bicyclic) bond motifs is 3. The van der Waals surface area contributed by atoms with Crippen LogP contribution in [0.25, 0.3) is 10.2 Å². The Morgan fingerprint density at radius 1 is 1.23 bits per heavy atom. The van der Waals surface area contributed by atoms with Gasteiger partial charge in [0.15, 0.2) is 0 Å². The SMILES string of the molecule is O=CC[C@H]1CCc2sc3ncnc(NC4CCCCC4)c3c21. The van der Waals surface area contributed by atoms with Gasteiger partial charge < -0.3 is 10.1 Å². The van der Waals surface area contributed by atoms with Gasteiger partial charge >= 0.3 is 0 Å². The van der Waals surface area contributed by atoms with Crippen molar-refractivity contribution in [2.24, 2.45) is 0 Å². The van der Waals surface area contributed by atoms with E-state index in [1.807, 2.05) is 0 Å². The van der Waals surface area contributed by atoms with Crippen LogP contribution in [0.3, 0.4) is 0 Å². The predicted octanol–water partition coefficient (Wildman–Crippen LogP) is 4.05. The summed E-state index contributed by atoms with van der Waals surface area (Å²) in [5.41, 5.74) is 1.35. The molecule has 22 heavy (non-hydrogen) atoms. The molecule has 1 fully saturated rings. The summed E-state index contributed by atoms with van der Waals surface area (Å²) in [6.07, 6.45) is 12.0. The van der Waals surface area contributed by atoms with Crippen LogP contribution in [0.5, 0.6) is 0 Å². The van der Waals surface area contributed by atoms with Crippen molar-refractivity contribution in [1.82, 2.24) is 9.97 Å². The number of hydrogen-bond acceptors (Lipinski definition) is 5. The smallest absolute Gasteiger partial charge is 0.138 e. The fraction of sp³-hybridized carbons (Fsp3) is 0.588. The molecule has 116 valence electrons. The minimum atomic E-state index is 0.360. The molecule has 2 aromatic rings. The number of nitrogens with one attached hydrogen (secondary N) is 1. The molecule has 0 radical (unpaired) electrons. The summed E-state index contributed by atoms with van der Waals surface area (Å²) in [5, 5.41) is 4.86. The Kier molecular flexibility index (Phi) is 3.82. The second-order valence-electron chi connectivity index (χ2n) is 6.46. The van der Waals surface area contributed by atoms with Gasteiger partial charge in [-0.25, -0.2) is 9.97 Å². The molecule has 0 saturated heterocycles. The summed E-state index contributed by atoms with van der Waals surface area (Å²) < 4.78 is 0. The third-order valence-electron chi connectivity index (χ3n) is 5.06. The van der Waals surface area contributed by atoms with Gasteiger partial charge in [0, 0.05) is 17.3 Å². The maximum absolute atomic E-state index is 11.0. The van der Waals surface area contributed by atoms with Gasteiger partial charge in [-0.1, -0.05) is 19.3 Å². The lowest BCUT2D eigenvalue weighted by atomic mass is 9.95. The van der Waals surface area contributed by atoms with Crippen LogP contribution in [0.2, 0.25) is 0 Å². The number of aryl methyl sites for hydroxylation is 1. The first kappa shape index (κ1) is 14.1. The van der Waals surface area contributed by atoms with E-state index in [4.69, 9.17) is 0 Å². The first-order valence-corrected chi connectivity index (χ1v) is 9.15. The lowest BCUT2D eigenvalue weighted by Gasteiger charge is -2.24. The second-order valence-corrected chi connectivity index (χ2v) is 7.54. The highest BCUT2D eigenvalue weighted by Crippen LogP contribution is 2.46. The summed E-state index contributed by atoms with van der Waals surface area (Å²) in [4.78, 5) is 22.5. The Bertz CT molecular complexity index is 691. The van der Waals surface area contributed by atoms with Gasteiger partial charge in [0.2, 0.25) is 0 Å². The molecule has 1 saturated carbocycles. The normalized spacial score (nSPS) is 21.9. The zero-order valence-electron chi connectivity index (χ0n) is 12.7. The molecule has 0 spiro atoms. The van der Waals surface area contributed by atoms with E-state index >= 15 is 0 Å². The number of carbonyl (C=O) groups is 1. The first-order valence-electron chi connectivity index (χ1n) is 8.33. The van der Waals surface area contributed by atoms with Crippen LogP contribution in [-0.4, -0.2) is 22.3 Å². The maximum Gasteiger partial charge on any atom is 0.138 e. The second kappa shape index (κ2) is 5.95. The Hall–Kier alpha value is -1.49. The fourth-order valence-corrected chi connectivity index (χ4v) is 5.21. The Labute approximate surface area is 134 Å². The van der Waals surface area contributed by atoms with Crippen LogP contribution < -0.4 is 5.32 Å². The van der Waals surface area contributed by atoms with Gasteiger partial charge in [0.25, 0.3) is 0 Å².